The molecule has 1 aliphatic rings. The van der Waals surface area contributed by atoms with Gasteiger partial charge in [-0.15, -0.1) is 11.3 Å². The number of rotatable bonds is 6. The number of nitrogens with zero attached hydrogens (tertiary/aromatic N) is 1. The lowest BCUT2D eigenvalue weighted by molar-refractivity contribution is -0.149. The number of hydrogen-bond donors (Lipinski definition) is 1. The van der Waals surface area contributed by atoms with E-state index in [1.165, 1.54) is 11.3 Å². The SMILES string of the molecule is N#Cc1c(NC(=O)COC(=O)COc2cccc(Cl)c2)sc2c1CCC2. The van der Waals surface area contributed by atoms with Gasteiger partial charge in [-0.25, -0.2) is 4.79 Å². The molecule has 8 heteroatoms. The summed E-state index contributed by atoms with van der Waals surface area (Å²) < 4.78 is 10.1. The average Bonchev–Trinajstić information content (AvgIpc) is 3.18. The fraction of sp³-hybridized carbons (Fsp3) is 0.278. The molecule has 1 heterocycles. The van der Waals surface area contributed by atoms with Gasteiger partial charge in [0.25, 0.3) is 5.91 Å². The maximum atomic E-state index is 12.0. The molecular formula is C18H15ClN2O4S. The largest absolute Gasteiger partial charge is 0.482 e. The molecule has 1 aromatic heterocycles. The van der Waals surface area contributed by atoms with E-state index < -0.39 is 18.5 Å². The number of nitrogens with one attached hydrogen (secondary N) is 1. The summed E-state index contributed by atoms with van der Waals surface area (Å²) in [4.78, 5) is 24.8. The summed E-state index contributed by atoms with van der Waals surface area (Å²) in [5, 5.41) is 13.0. The molecule has 0 atom stereocenters. The van der Waals surface area contributed by atoms with Crippen LogP contribution in [0.4, 0.5) is 5.00 Å². The van der Waals surface area contributed by atoms with Crippen LogP contribution in [0, 0.1) is 11.3 Å². The highest BCUT2D eigenvalue weighted by atomic mass is 35.5. The van der Waals surface area contributed by atoms with Crippen molar-refractivity contribution in [1.82, 2.24) is 0 Å². The molecule has 0 saturated heterocycles. The van der Waals surface area contributed by atoms with E-state index in [-0.39, 0.29) is 6.61 Å². The van der Waals surface area contributed by atoms with Crippen LogP contribution >= 0.6 is 22.9 Å². The van der Waals surface area contributed by atoms with E-state index in [1.807, 2.05) is 0 Å². The van der Waals surface area contributed by atoms with Crippen molar-refractivity contribution in [3.05, 3.63) is 45.3 Å². The lowest BCUT2D eigenvalue weighted by atomic mass is 10.1. The van der Waals surface area contributed by atoms with Crippen LogP contribution in [0.3, 0.4) is 0 Å². The standard InChI is InChI=1S/C18H15ClN2O4S/c19-11-3-1-4-12(7-11)24-10-17(23)25-9-16(22)21-18-14(8-20)13-5-2-6-15(13)26-18/h1,3-4,7H,2,5-6,9-10H2,(H,21,22). The van der Waals surface area contributed by atoms with Crippen LogP contribution in [-0.2, 0) is 27.2 Å². The van der Waals surface area contributed by atoms with Gasteiger partial charge in [-0.2, -0.15) is 5.26 Å². The first-order valence-corrected chi connectivity index (χ1v) is 9.14. The number of fused-ring (bicyclic) bond motifs is 1. The van der Waals surface area contributed by atoms with Crippen molar-refractivity contribution in [2.75, 3.05) is 18.5 Å². The molecule has 0 aliphatic heterocycles. The van der Waals surface area contributed by atoms with Crippen molar-refractivity contribution in [3.63, 3.8) is 0 Å². The molecule has 3 rings (SSSR count). The molecule has 0 spiro atoms. The van der Waals surface area contributed by atoms with Crippen LogP contribution in [0.2, 0.25) is 5.02 Å². The van der Waals surface area contributed by atoms with Gasteiger partial charge in [-0.05, 0) is 43.0 Å². The minimum absolute atomic E-state index is 0.329. The van der Waals surface area contributed by atoms with Crippen LogP contribution in [-0.4, -0.2) is 25.1 Å². The number of amides is 1. The van der Waals surface area contributed by atoms with Crippen molar-refractivity contribution < 1.29 is 19.1 Å². The van der Waals surface area contributed by atoms with Gasteiger partial charge >= 0.3 is 5.97 Å². The second-order valence-corrected chi connectivity index (χ2v) is 7.17. The van der Waals surface area contributed by atoms with Crippen molar-refractivity contribution in [1.29, 1.82) is 5.26 Å². The minimum atomic E-state index is -0.672. The van der Waals surface area contributed by atoms with E-state index in [2.05, 4.69) is 11.4 Å². The Bertz CT molecular complexity index is 888. The highest BCUT2D eigenvalue weighted by Crippen LogP contribution is 2.38. The van der Waals surface area contributed by atoms with Gasteiger partial charge in [0.2, 0.25) is 0 Å². The Labute approximate surface area is 159 Å². The highest BCUT2D eigenvalue weighted by Gasteiger charge is 2.23. The predicted octanol–water partition coefficient (Wildman–Crippen LogP) is 3.32. The Balaban J connectivity index is 1.47. The molecule has 1 aromatic carbocycles. The van der Waals surface area contributed by atoms with Crippen molar-refractivity contribution in [3.8, 4) is 11.8 Å². The van der Waals surface area contributed by atoms with Gasteiger partial charge in [-0.1, -0.05) is 17.7 Å². The van der Waals surface area contributed by atoms with Gasteiger partial charge in [0.15, 0.2) is 13.2 Å². The van der Waals surface area contributed by atoms with Crippen LogP contribution < -0.4 is 10.1 Å². The second kappa shape index (κ2) is 8.21. The lowest BCUT2D eigenvalue weighted by Crippen LogP contribution is -2.23. The Morgan fingerprint density at radius 3 is 2.92 bits per heavy atom. The minimum Gasteiger partial charge on any atom is -0.482 e. The Kier molecular flexibility index (Phi) is 5.76. The molecule has 1 aliphatic carbocycles. The van der Waals surface area contributed by atoms with Crippen LogP contribution in [0.15, 0.2) is 24.3 Å². The number of benzene rings is 1. The van der Waals surface area contributed by atoms with Gasteiger partial charge in [0.05, 0.1) is 5.56 Å². The number of carbonyl (C=O) groups excluding carboxylic acids is 2. The maximum Gasteiger partial charge on any atom is 0.344 e. The number of esters is 1. The average molecular weight is 391 g/mol. The molecule has 0 bridgehead atoms. The van der Waals surface area contributed by atoms with E-state index in [4.69, 9.17) is 21.1 Å². The summed E-state index contributed by atoms with van der Waals surface area (Å²) in [6, 6.07) is 8.76. The topological polar surface area (TPSA) is 88.4 Å². The zero-order valence-corrected chi connectivity index (χ0v) is 15.3. The Morgan fingerprint density at radius 1 is 1.31 bits per heavy atom. The lowest BCUT2D eigenvalue weighted by Gasteiger charge is -2.07. The molecular weight excluding hydrogens is 376 g/mol. The number of carbonyl (C=O) groups is 2. The van der Waals surface area contributed by atoms with Crippen molar-refractivity contribution in [2.24, 2.45) is 0 Å². The molecule has 1 amide bonds. The Hall–Kier alpha value is -2.56. The summed E-state index contributed by atoms with van der Waals surface area (Å²) in [6.07, 6.45) is 2.83. The first-order valence-electron chi connectivity index (χ1n) is 7.95. The summed E-state index contributed by atoms with van der Waals surface area (Å²) in [5.41, 5.74) is 1.55. The molecule has 0 fully saturated rings. The van der Waals surface area contributed by atoms with Crippen molar-refractivity contribution >= 4 is 39.8 Å². The number of anilines is 1. The third kappa shape index (κ3) is 4.34. The summed E-state index contributed by atoms with van der Waals surface area (Å²) in [5.74, 6) is -0.725. The summed E-state index contributed by atoms with van der Waals surface area (Å²) in [6.45, 7) is -0.768. The number of ether oxygens (including phenoxy) is 2. The van der Waals surface area contributed by atoms with E-state index in [9.17, 15) is 14.9 Å². The number of halogens is 1. The number of hydrogen-bond acceptors (Lipinski definition) is 6. The molecule has 26 heavy (non-hydrogen) atoms. The fourth-order valence-corrected chi connectivity index (χ4v) is 4.10. The molecule has 0 saturated carbocycles. The molecule has 134 valence electrons. The fourth-order valence-electron chi connectivity index (χ4n) is 2.66. The van der Waals surface area contributed by atoms with Crippen molar-refractivity contribution in [2.45, 2.75) is 19.3 Å². The van der Waals surface area contributed by atoms with E-state index in [0.717, 1.165) is 29.7 Å². The summed E-state index contributed by atoms with van der Waals surface area (Å²) >= 11 is 7.23. The van der Waals surface area contributed by atoms with Gasteiger partial charge < -0.3 is 14.8 Å². The third-order valence-corrected chi connectivity index (χ3v) is 5.25. The second-order valence-electron chi connectivity index (χ2n) is 5.63. The smallest absolute Gasteiger partial charge is 0.344 e. The number of thiophene rings is 1. The molecule has 6 nitrogen and oxygen atoms in total. The highest BCUT2D eigenvalue weighted by molar-refractivity contribution is 7.16. The van der Waals surface area contributed by atoms with Gasteiger partial charge in [0.1, 0.15) is 16.8 Å². The normalized spacial score (nSPS) is 12.2. The number of aryl methyl sites for hydroxylation is 1. The molecule has 0 unspecified atom stereocenters. The Morgan fingerprint density at radius 2 is 2.15 bits per heavy atom. The maximum absolute atomic E-state index is 12.0. The van der Waals surface area contributed by atoms with E-state index in [0.29, 0.717) is 21.3 Å². The first-order chi connectivity index (χ1) is 12.6. The van der Waals surface area contributed by atoms with Gasteiger partial charge in [-0.3, -0.25) is 4.79 Å². The monoisotopic (exact) mass is 390 g/mol. The van der Waals surface area contributed by atoms with Gasteiger partial charge in [0, 0.05) is 9.90 Å². The zero-order valence-electron chi connectivity index (χ0n) is 13.7. The number of nitriles is 1. The molecule has 0 radical (unpaired) electrons. The summed E-state index contributed by atoms with van der Waals surface area (Å²) in [7, 11) is 0. The van der Waals surface area contributed by atoms with E-state index >= 15 is 0 Å². The van der Waals surface area contributed by atoms with Crippen LogP contribution in [0.5, 0.6) is 5.75 Å². The molecule has 1 N–H and O–H groups in total. The predicted molar refractivity (Wildman–Crippen MR) is 97.6 cm³/mol. The quantitative estimate of drug-likeness (QED) is 0.764. The van der Waals surface area contributed by atoms with Crippen LogP contribution in [0.25, 0.3) is 0 Å². The molecule has 2 aromatic rings. The van der Waals surface area contributed by atoms with Crippen LogP contribution in [0.1, 0.15) is 22.4 Å². The van der Waals surface area contributed by atoms with E-state index in [1.54, 1.807) is 24.3 Å². The third-order valence-electron chi connectivity index (χ3n) is 3.80. The first kappa shape index (κ1) is 18.2. The zero-order chi connectivity index (χ0) is 18.5.